The molecule has 2 rings (SSSR count). The van der Waals surface area contributed by atoms with Gasteiger partial charge in [-0.1, -0.05) is 0 Å². The molecule has 0 aliphatic carbocycles. The van der Waals surface area contributed by atoms with Crippen LogP contribution in [0.5, 0.6) is 17.2 Å². The molecule has 1 heterocycles. The average Bonchev–Trinajstić information content (AvgIpc) is 2.87. The number of ketones is 1. The first kappa shape index (κ1) is 15.1. The van der Waals surface area contributed by atoms with Gasteiger partial charge in [0, 0.05) is 5.56 Å². The van der Waals surface area contributed by atoms with Crippen molar-refractivity contribution in [3.05, 3.63) is 17.7 Å². The van der Waals surface area contributed by atoms with Crippen molar-refractivity contribution in [3.8, 4) is 17.2 Å². The topological polar surface area (TPSA) is 102 Å². The summed E-state index contributed by atoms with van der Waals surface area (Å²) in [6.45, 7) is -0.532. The predicted molar refractivity (Wildman–Crippen MR) is 70.6 cm³/mol. The molecule has 0 aromatic heterocycles. The van der Waals surface area contributed by atoms with Gasteiger partial charge < -0.3 is 24.4 Å². The largest absolute Gasteiger partial charge is 0.502 e. The number of benzene rings is 1. The van der Waals surface area contributed by atoms with E-state index in [1.165, 1.54) is 26.4 Å². The number of hydrogen-bond donors (Lipinski definition) is 2. The van der Waals surface area contributed by atoms with Crippen LogP contribution in [-0.2, 0) is 9.53 Å². The monoisotopic (exact) mass is 296 g/mol. The van der Waals surface area contributed by atoms with E-state index in [-0.39, 0.29) is 35.2 Å². The number of aliphatic hydroxyl groups is 1. The van der Waals surface area contributed by atoms with Gasteiger partial charge in [0.2, 0.25) is 5.75 Å². The Kier molecular flexibility index (Phi) is 4.32. The van der Waals surface area contributed by atoms with Gasteiger partial charge in [0.15, 0.2) is 17.3 Å². The molecule has 0 radical (unpaired) electrons. The van der Waals surface area contributed by atoms with Crippen molar-refractivity contribution in [1.82, 2.24) is 0 Å². The molecule has 7 nitrogen and oxygen atoms in total. The second-order valence-corrected chi connectivity index (χ2v) is 4.62. The second-order valence-electron chi connectivity index (χ2n) is 4.62. The molecule has 1 fully saturated rings. The molecule has 114 valence electrons. The Hall–Kier alpha value is -2.28. The predicted octanol–water partition coefficient (Wildman–Crippen LogP) is 0.374. The highest BCUT2D eigenvalue weighted by Gasteiger charge is 2.41. The second kappa shape index (κ2) is 6.01. The summed E-state index contributed by atoms with van der Waals surface area (Å²) in [6, 6.07) is 2.72. The van der Waals surface area contributed by atoms with Crippen LogP contribution in [0, 0.1) is 11.8 Å². The lowest BCUT2D eigenvalue weighted by molar-refractivity contribution is -0.142. The molecule has 2 unspecified atom stereocenters. The van der Waals surface area contributed by atoms with Crippen LogP contribution in [0.25, 0.3) is 0 Å². The van der Waals surface area contributed by atoms with Crippen LogP contribution in [-0.4, -0.2) is 49.4 Å². The van der Waals surface area contributed by atoms with Crippen molar-refractivity contribution in [2.45, 2.75) is 0 Å². The Bertz CT molecular complexity index is 541. The van der Waals surface area contributed by atoms with E-state index in [9.17, 15) is 19.8 Å². The summed E-state index contributed by atoms with van der Waals surface area (Å²) in [6.07, 6.45) is 0. The number of carbonyl (C=O) groups is 2. The van der Waals surface area contributed by atoms with Crippen molar-refractivity contribution < 1.29 is 34.0 Å². The average molecular weight is 296 g/mol. The highest BCUT2D eigenvalue weighted by molar-refractivity contribution is 6.02. The summed E-state index contributed by atoms with van der Waals surface area (Å²) in [4.78, 5) is 23.9. The Balaban J connectivity index is 2.37. The van der Waals surface area contributed by atoms with Gasteiger partial charge in [-0.15, -0.1) is 0 Å². The van der Waals surface area contributed by atoms with Crippen molar-refractivity contribution in [3.63, 3.8) is 0 Å². The highest BCUT2D eigenvalue weighted by atomic mass is 16.5. The van der Waals surface area contributed by atoms with Crippen LogP contribution in [0.15, 0.2) is 12.1 Å². The van der Waals surface area contributed by atoms with Gasteiger partial charge in [-0.3, -0.25) is 9.59 Å². The van der Waals surface area contributed by atoms with E-state index in [4.69, 9.17) is 14.2 Å². The number of ether oxygens (including phenoxy) is 3. The molecule has 21 heavy (non-hydrogen) atoms. The van der Waals surface area contributed by atoms with Crippen LogP contribution >= 0.6 is 0 Å². The van der Waals surface area contributed by atoms with E-state index in [0.717, 1.165) is 0 Å². The van der Waals surface area contributed by atoms with Gasteiger partial charge in [0.1, 0.15) is 6.61 Å². The molecule has 0 saturated carbocycles. The molecule has 1 saturated heterocycles. The minimum Gasteiger partial charge on any atom is -0.502 e. The Morgan fingerprint density at radius 2 is 1.90 bits per heavy atom. The van der Waals surface area contributed by atoms with E-state index < -0.39 is 24.4 Å². The number of aromatic hydroxyl groups is 1. The van der Waals surface area contributed by atoms with E-state index in [1.807, 2.05) is 0 Å². The first-order chi connectivity index (χ1) is 10.0. The lowest BCUT2D eigenvalue weighted by Crippen LogP contribution is -2.27. The number of rotatable bonds is 5. The number of cyclic esters (lactones) is 1. The summed E-state index contributed by atoms with van der Waals surface area (Å²) in [5, 5.41) is 19.0. The maximum absolute atomic E-state index is 12.5. The quantitative estimate of drug-likeness (QED) is 0.598. The first-order valence-corrected chi connectivity index (χ1v) is 6.30. The van der Waals surface area contributed by atoms with Crippen LogP contribution in [0.3, 0.4) is 0 Å². The molecule has 0 bridgehead atoms. The molecule has 1 aliphatic heterocycles. The van der Waals surface area contributed by atoms with Gasteiger partial charge in [-0.25, -0.2) is 0 Å². The molecule has 1 aromatic carbocycles. The van der Waals surface area contributed by atoms with Crippen LogP contribution < -0.4 is 9.47 Å². The summed E-state index contributed by atoms with van der Waals surface area (Å²) in [5.41, 5.74) is 0.211. The van der Waals surface area contributed by atoms with Gasteiger partial charge in [-0.2, -0.15) is 0 Å². The Morgan fingerprint density at radius 3 is 2.38 bits per heavy atom. The van der Waals surface area contributed by atoms with Crippen LogP contribution in [0.1, 0.15) is 10.4 Å². The lowest BCUT2D eigenvalue weighted by Gasteiger charge is -2.14. The van der Waals surface area contributed by atoms with E-state index in [1.54, 1.807) is 0 Å². The van der Waals surface area contributed by atoms with Gasteiger partial charge in [0.25, 0.3) is 0 Å². The third-order valence-corrected chi connectivity index (χ3v) is 3.49. The van der Waals surface area contributed by atoms with Crippen LogP contribution in [0.4, 0.5) is 0 Å². The first-order valence-electron chi connectivity index (χ1n) is 6.30. The molecule has 1 aromatic rings. The Labute approximate surface area is 121 Å². The summed E-state index contributed by atoms with van der Waals surface area (Å²) < 4.78 is 14.8. The molecule has 7 heteroatoms. The van der Waals surface area contributed by atoms with Gasteiger partial charge >= 0.3 is 5.97 Å². The number of aliphatic hydroxyl groups excluding tert-OH is 1. The Morgan fingerprint density at radius 1 is 1.33 bits per heavy atom. The van der Waals surface area contributed by atoms with Crippen molar-refractivity contribution in [2.75, 3.05) is 27.4 Å². The zero-order valence-electron chi connectivity index (χ0n) is 11.7. The molecular weight excluding hydrogens is 280 g/mol. The number of phenolic OH excluding ortho intramolecular Hbond substituents is 1. The van der Waals surface area contributed by atoms with E-state index in [2.05, 4.69) is 0 Å². The lowest BCUT2D eigenvalue weighted by atomic mass is 9.88. The number of phenols is 1. The molecule has 1 aliphatic rings. The number of methoxy groups -OCH3 is 2. The standard InChI is InChI=1S/C14H16O7/c1-19-10-3-7(4-11(20-2)13(10)17)12(16)9-6-21-14(18)8(9)5-15/h3-4,8-9,15,17H,5-6H2,1-2H3. The third-order valence-electron chi connectivity index (χ3n) is 3.49. The SMILES string of the molecule is COc1cc(C(=O)C2COC(=O)C2CO)cc(OC)c1O. The fourth-order valence-corrected chi connectivity index (χ4v) is 2.27. The normalized spacial score (nSPS) is 21.0. The van der Waals surface area contributed by atoms with Crippen molar-refractivity contribution in [1.29, 1.82) is 0 Å². The summed E-state index contributed by atoms with van der Waals surface area (Å²) >= 11 is 0. The number of hydrogen-bond acceptors (Lipinski definition) is 7. The number of carbonyl (C=O) groups excluding carboxylic acids is 2. The van der Waals surface area contributed by atoms with Gasteiger partial charge in [-0.05, 0) is 12.1 Å². The van der Waals surface area contributed by atoms with Crippen molar-refractivity contribution in [2.24, 2.45) is 11.8 Å². The molecular formula is C14H16O7. The molecule has 0 spiro atoms. The zero-order chi connectivity index (χ0) is 15.6. The number of Topliss-reactive ketones (excluding diaryl/α,β-unsaturated/α-hetero) is 1. The summed E-state index contributed by atoms with van der Waals surface area (Å²) in [7, 11) is 2.70. The zero-order valence-corrected chi connectivity index (χ0v) is 11.7. The van der Waals surface area contributed by atoms with Gasteiger partial charge in [0.05, 0.1) is 32.7 Å². The smallest absolute Gasteiger partial charge is 0.312 e. The number of esters is 1. The molecule has 0 amide bonds. The third kappa shape index (κ3) is 2.64. The van der Waals surface area contributed by atoms with E-state index in [0.29, 0.717) is 0 Å². The molecule has 2 N–H and O–H groups in total. The minimum absolute atomic E-state index is 0.0750. The fraction of sp³-hybridized carbons (Fsp3) is 0.429. The molecule has 2 atom stereocenters. The highest BCUT2D eigenvalue weighted by Crippen LogP contribution is 2.38. The van der Waals surface area contributed by atoms with E-state index >= 15 is 0 Å². The maximum Gasteiger partial charge on any atom is 0.312 e. The minimum atomic E-state index is -0.872. The van der Waals surface area contributed by atoms with Crippen molar-refractivity contribution >= 4 is 11.8 Å². The fourth-order valence-electron chi connectivity index (χ4n) is 2.27. The maximum atomic E-state index is 12.5. The van der Waals surface area contributed by atoms with Crippen LogP contribution in [0.2, 0.25) is 0 Å². The summed E-state index contributed by atoms with van der Waals surface area (Å²) in [5.74, 6) is -2.64.